The van der Waals surface area contributed by atoms with E-state index in [4.69, 9.17) is 0 Å². The van der Waals surface area contributed by atoms with E-state index in [1.54, 1.807) is 30.3 Å². The lowest BCUT2D eigenvalue weighted by Gasteiger charge is -2.15. The first-order chi connectivity index (χ1) is 12.8. The van der Waals surface area contributed by atoms with Crippen LogP contribution in [-0.2, 0) is 11.2 Å². The number of urea groups is 1. The van der Waals surface area contributed by atoms with Gasteiger partial charge in [-0.25, -0.2) is 9.59 Å². The summed E-state index contributed by atoms with van der Waals surface area (Å²) in [5.74, 6) is -1.64. The molecule has 0 radical (unpaired) electrons. The van der Waals surface area contributed by atoms with Crippen molar-refractivity contribution in [1.82, 2.24) is 10.6 Å². The quantitative estimate of drug-likeness (QED) is 0.602. The van der Waals surface area contributed by atoms with Crippen molar-refractivity contribution < 1.29 is 19.5 Å². The highest BCUT2D eigenvalue weighted by Crippen LogP contribution is 2.12. The second kappa shape index (κ2) is 9.38. The number of carboxylic acid groups (broad SMARTS) is 1. The number of anilines is 1. The zero-order chi connectivity index (χ0) is 19.8. The van der Waals surface area contributed by atoms with Gasteiger partial charge in [-0.3, -0.25) is 4.79 Å². The summed E-state index contributed by atoms with van der Waals surface area (Å²) in [6, 6.07) is 13.9. The van der Waals surface area contributed by atoms with Crippen LogP contribution >= 0.6 is 0 Å². The van der Waals surface area contributed by atoms with Gasteiger partial charge in [-0.15, -0.1) is 0 Å². The fraction of sp³-hybridized carbons (Fsp3) is 0.250. The van der Waals surface area contributed by atoms with Gasteiger partial charge in [-0.2, -0.15) is 0 Å². The topological polar surface area (TPSA) is 108 Å². The van der Waals surface area contributed by atoms with Crippen LogP contribution in [0.5, 0.6) is 0 Å². The Balaban J connectivity index is 2.06. The van der Waals surface area contributed by atoms with E-state index in [2.05, 4.69) is 16.0 Å². The third-order valence-electron chi connectivity index (χ3n) is 3.69. The summed E-state index contributed by atoms with van der Waals surface area (Å²) in [7, 11) is 0. The Labute approximate surface area is 157 Å². The van der Waals surface area contributed by atoms with Gasteiger partial charge in [0.15, 0.2) is 0 Å². The second-order valence-electron chi connectivity index (χ2n) is 6.39. The molecule has 2 rings (SSSR count). The summed E-state index contributed by atoms with van der Waals surface area (Å²) in [4.78, 5) is 35.7. The number of hydrogen-bond donors (Lipinski definition) is 4. The summed E-state index contributed by atoms with van der Waals surface area (Å²) in [6.07, 6.45) is 0.177. The smallest absolute Gasteiger partial charge is 0.326 e. The first-order valence-electron chi connectivity index (χ1n) is 8.60. The minimum Gasteiger partial charge on any atom is -0.480 e. The van der Waals surface area contributed by atoms with Crippen LogP contribution in [0.3, 0.4) is 0 Å². The molecule has 2 aromatic carbocycles. The van der Waals surface area contributed by atoms with E-state index in [0.717, 1.165) is 5.56 Å². The zero-order valence-electron chi connectivity index (χ0n) is 15.2. The maximum absolute atomic E-state index is 12.5. The van der Waals surface area contributed by atoms with E-state index in [-0.39, 0.29) is 24.1 Å². The van der Waals surface area contributed by atoms with Crippen LogP contribution in [0, 0.1) is 0 Å². The molecule has 0 aliphatic heterocycles. The molecule has 2 aromatic rings. The van der Waals surface area contributed by atoms with Crippen molar-refractivity contribution in [3.8, 4) is 0 Å². The molecule has 27 heavy (non-hydrogen) atoms. The van der Waals surface area contributed by atoms with E-state index in [1.165, 1.54) is 6.07 Å². The van der Waals surface area contributed by atoms with Crippen LogP contribution in [-0.4, -0.2) is 35.1 Å². The third-order valence-corrected chi connectivity index (χ3v) is 3.69. The molecule has 4 N–H and O–H groups in total. The Morgan fingerprint density at radius 3 is 2.30 bits per heavy atom. The number of aliphatic carboxylic acids is 1. The number of carbonyl (C=O) groups excluding carboxylic acids is 2. The molecule has 0 saturated heterocycles. The van der Waals surface area contributed by atoms with E-state index < -0.39 is 17.9 Å². The molecule has 0 aliphatic rings. The van der Waals surface area contributed by atoms with Gasteiger partial charge in [-0.1, -0.05) is 36.4 Å². The molecule has 7 heteroatoms. The van der Waals surface area contributed by atoms with E-state index in [9.17, 15) is 19.5 Å². The van der Waals surface area contributed by atoms with Gasteiger partial charge in [-0.05, 0) is 37.6 Å². The monoisotopic (exact) mass is 369 g/mol. The van der Waals surface area contributed by atoms with E-state index in [0.29, 0.717) is 5.69 Å². The molecule has 3 amide bonds. The van der Waals surface area contributed by atoms with E-state index >= 15 is 0 Å². The number of rotatable bonds is 7. The van der Waals surface area contributed by atoms with Crippen molar-refractivity contribution >= 4 is 23.6 Å². The highest BCUT2D eigenvalue weighted by Gasteiger charge is 2.21. The zero-order valence-corrected chi connectivity index (χ0v) is 15.2. The van der Waals surface area contributed by atoms with Crippen LogP contribution in [0.1, 0.15) is 29.8 Å². The summed E-state index contributed by atoms with van der Waals surface area (Å²) in [5.41, 5.74) is 1.51. The number of benzene rings is 2. The molecule has 142 valence electrons. The highest BCUT2D eigenvalue weighted by atomic mass is 16.4. The number of carboxylic acids is 1. The van der Waals surface area contributed by atoms with Crippen molar-refractivity contribution in [2.75, 3.05) is 5.32 Å². The van der Waals surface area contributed by atoms with Crippen LogP contribution in [0.15, 0.2) is 54.6 Å². The van der Waals surface area contributed by atoms with Gasteiger partial charge in [0.05, 0.1) is 0 Å². The Hall–Kier alpha value is -3.35. The minimum atomic E-state index is -1.11. The van der Waals surface area contributed by atoms with Crippen molar-refractivity contribution in [3.05, 3.63) is 65.7 Å². The molecule has 1 atom stereocenters. The fourth-order valence-corrected chi connectivity index (χ4v) is 2.46. The van der Waals surface area contributed by atoms with Gasteiger partial charge >= 0.3 is 12.0 Å². The summed E-state index contributed by atoms with van der Waals surface area (Å²) >= 11 is 0. The largest absolute Gasteiger partial charge is 0.480 e. The third kappa shape index (κ3) is 6.47. The predicted octanol–water partition coefficient (Wildman–Crippen LogP) is 2.64. The average molecular weight is 369 g/mol. The number of nitrogens with one attached hydrogen (secondary N) is 3. The first kappa shape index (κ1) is 20.0. The van der Waals surface area contributed by atoms with Crippen LogP contribution in [0.25, 0.3) is 0 Å². The van der Waals surface area contributed by atoms with Crippen molar-refractivity contribution in [2.24, 2.45) is 0 Å². The highest BCUT2D eigenvalue weighted by molar-refractivity contribution is 5.98. The van der Waals surface area contributed by atoms with Crippen molar-refractivity contribution in [3.63, 3.8) is 0 Å². The molecular formula is C20H23N3O4. The Morgan fingerprint density at radius 2 is 1.67 bits per heavy atom. The number of hydrogen-bond acceptors (Lipinski definition) is 3. The van der Waals surface area contributed by atoms with Gasteiger partial charge in [0.25, 0.3) is 5.91 Å². The van der Waals surface area contributed by atoms with Gasteiger partial charge in [0.1, 0.15) is 6.04 Å². The number of amides is 3. The molecule has 0 aliphatic carbocycles. The molecule has 1 unspecified atom stereocenters. The molecular weight excluding hydrogens is 346 g/mol. The summed E-state index contributed by atoms with van der Waals surface area (Å²) in [5, 5.41) is 17.3. The molecule has 7 nitrogen and oxygen atoms in total. The predicted molar refractivity (Wildman–Crippen MR) is 103 cm³/mol. The summed E-state index contributed by atoms with van der Waals surface area (Å²) < 4.78 is 0. The van der Waals surface area contributed by atoms with Crippen molar-refractivity contribution in [1.29, 1.82) is 0 Å². The fourth-order valence-electron chi connectivity index (χ4n) is 2.46. The molecule has 0 fully saturated rings. The maximum atomic E-state index is 12.5. The Bertz CT molecular complexity index is 806. The SMILES string of the molecule is CC(C)NC(=O)Nc1cccc(C(=O)NC(Cc2ccccc2)C(=O)O)c1. The Kier molecular flexibility index (Phi) is 6.93. The lowest BCUT2D eigenvalue weighted by molar-refractivity contribution is -0.139. The second-order valence-corrected chi connectivity index (χ2v) is 6.39. The van der Waals surface area contributed by atoms with Gasteiger partial charge in [0, 0.05) is 23.7 Å². The minimum absolute atomic E-state index is 0.0224. The van der Waals surface area contributed by atoms with Crippen LogP contribution in [0.2, 0.25) is 0 Å². The number of carbonyl (C=O) groups is 3. The molecule has 0 heterocycles. The Morgan fingerprint density at radius 1 is 0.963 bits per heavy atom. The van der Waals surface area contributed by atoms with Crippen molar-refractivity contribution in [2.45, 2.75) is 32.4 Å². The van der Waals surface area contributed by atoms with E-state index in [1.807, 2.05) is 32.0 Å². The van der Waals surface area contributed by atoms with Crippen LogP contribution in [0.4, 0.5) is 10.5 Å². The molecule has 0 saturated carbocycles. The first-order valence-corrected chi connectivity index (χ1v) is 8.60. The lowest BCUT2D eigenvalue weighted by Crippen LogP contribution is -2.42. The maximum Gasteiger partial charge on any atom is 0.326 e. The lowest BCUT2D eigenvalue weighted by atomic mass is 10.1. The van der Waals surface area contributed by atoms with Crippen LogP contribution < -0.4 is 16.0 Å². The molecule has 0 bridgehead atoms. The molecule has 0 spiro atoms. The standard InChI is InChI=1S/C20H23N3O4/c1-13(2)21-20(27)22-16-10-6-9-15(12-16)18(24)23-17(19(25)26)11-14-7-4-3-5-8-14/h3-10,12-13,17H,11H2,1-2H3,(H,23,24)(H,25,26)(H2,21,22,27). The average Bonchev–Trinajstić information content (AvgIpc) is 2.61. The summed E-state index contributed by atoms with van der Waals surface area (Å²) in [6.45, 7) is 3.67. The van der Waals surface area contributed by atoms with Gasteiger partial charge < -0.3 is 21.1 Å². The van der Waals surface area contributed by atoms with Gasteiger partial charge in [0.2, 0.25) is 0 Å². The normalized spacial score (nSPS) is 11.5. The molecule has 0 aromatic heterocycles.